The molecule has 0 aromatic rings. The van der Waals surface area contributed by atoms with Gasteiger partial charge in [-0.25, -0.2) is 0 Å². The minimum Gasteiger partial charge on any atom is -0.481 e. The highest BCUT2D eigenvalue weighted by Crippen LogP contribution is 2.40. The molecule has 0 aromatic carbocycles. The summed E-state index contributed by atoms with van der Waals surface area (Å²) < 4.78 is 0. The van der Waals surface area contributed by atoms with Crippen LogP contribution in [0.4, 0.5) is 0 Å². The summed E-state index contributed by atoms with van der Waals surface area (Å²) in [5.41, 5.74) is 0. The summed E-state index contributed by atoms with van der Waals surface area (Å²) >= 11 is 1.71. The van der Waals surface area contributed by atoms with Crippen LogP contribution >= 0.6 is 11.8 Å². The van der Waals surface area contributed by atoms with Gasteiger partial charge in [0, 0.05) is 18.8 Å². The number of thioether (sulfide) groups is 1. The number of carbonyl (C=O) groups excluding carboxylic acids is 1. The minimum absolute atomic E-state index is 0.00620. The molecule has 5 heteroatoms. The Bertz CT molecular complexity index is 282. The number of aliphatic carboxylic acids is 1. The Morgan fingerprint density at radius 1 is 1.50 bits per heavy atom. The van der Waals surface area contributed by atoms with Gasteiger partial charge in [-0.1, -0.05) is 6.92 Å². The molecule has 0 bridgehead atoms. The Morgan fingerprint density at radius 2 is 2.12 bits per heavy atom. The Balaban J connectivity index is 2.51. The molecule has 1 N–H and O–H groups in total. The summed E-state index contributed by atoms with van der Waals surface area (Å²) in [5.74, 6) is -0.665. The molecule has 1 saturated carbocycles. The second-order valence-corrected chi connectivity index (χ2v) is 5.16. The van der Waals surface area contributed by atoms with Crippen LogP contribution in [0.2, 0.25) is 0 Å². The van der Waals surface area contributed by atoms with Gasteiger partial charge < -0.3 is 10.0 Å². The van der Waals surface area contributed by atoms with Crippen LogP contribution in [0.5, 0.6) is 0 Å². The van der Waals surface area contributed by atoms with E-state index >= 15 is 0 Å². The number of amides is 1. The predicted molar refractivity (Wildman–Crippen MR) is 64.5 cm³/mol. The van der Waals surface area contributed by atoms with Gasteiger partial charge in [0.2, 0.25) is 5.91 Å². The van der Waals surface area contributed by atoms with E-state index in [2.05, 4.69) is 0 Å². The van der Waals surface area contributed by atoms with Crippen molar-refractivity contribution in [2.75, 3.05) is 19.1 Å². The van der Waals surface area contributed by atoms with Gasteiger partial charge in [-0.05, 0) is 19.1 Å². The zero-order valence-electron chi connectivity index (χ0n) is 9.97. The number of hydrogen-bond donors (Lipinski definition) is 1. The van der Waals surface area contributed by atoms with Gasteiger partial charge in [0.05, 0.1) is 11.8 Å². The molecule has 92 valence electrons. The predicted octanol–water partition coefficient (Wildman–Crippen LogP) is 1.31. The van der Waals surface area contributed by atoms with Gasteiger partial charge in [-0.3, -0.25) is 9.59 Å². The van der Waals surface area contributed by atoms with Gasteiger partial charge in [-0.15, -0.1) is 0 Å². The molecule has 0 radical (unpaired) electrons. The maximum Gasteiger partial charge on any atom is 0.307 e. The molecule has 1 amide bonds. The van der Waals surface area contributed by atoms with Crippen molar-refractivity contribution >= 4 is 23.6 Å². The monoisotopic (exact) mass is 245 g/mol. The standard InChI is InChI=1S/C11H19NO3S/c1-4-7(6-16-3)12(2)10(13)8-5-9(8)11(14)15/h7-9H,4-6H2,1-3H3,(H,14,15)/t7?,8-,9+/m1/s1. The van der Waals surface area contributed by atoms with E-state index in [-0.39, 0.29) is 17.9 Å². The van der Waals surface area contributed by atoms with E-state index in [1.54, 1.807) is 23.7 Å². The van der Waals surface area contributed by atoms with Crippen LogP contribution < -0.4 is 0 Å². The van der Waals surface area contributed by atoms with Crippen LogP contribution in [-0.4, -0.2) is 47.0 Å². The van der Waals surface area contributed by atoms with Crippen molar-refractivity contribution in [2.24, 2.45) is 11.8 Å². The maximum absolute atomic E-state index is 11.9. The zero-order chi connectivity index (χ0) is 12.3. The van der Waals surface area contributed by atoms with Crippen LogP contribution in [0.1, 0.15) is 19.8 Å². The SMILES string of the molecule is CCC(CSC)N(C)C(=O)[C@@H]1C[C@@H]1C(=O)O. The van der Waals surface area contributed by atoms with Crippen LogP contribution in [0.3, 0.4) is 0 Å². The smallest absolute Gasteiger partial charge is 0.307 e. The van der Waals surface area contributed by atoms with Gasteiger partial charge in [0.25, 0.3) is 0 Å². The van der Waals surface area contributed by atoms with Crippen molar-refractivity contribution in [2.45, 2.75) is 25.8 Å². The molecule has 1 rings (SSSR count). The van der Waals surface area contributed by atoms with E-state index < -0.39 is 11.9 Å². The fraction of sp³-hybridized carbons (Fsp3) is 0.818. The minimum atomic E-state index is -0.843. The number of nitrogens with zero attached hydrogens (tertiary/aromatic N) is 1. The maximum atomic E-state index is 11.9. The average molecular weight is 245 g/mol. The number of carbonyl (C=O) groups is 2. The molecule has 4 nitrogen and oxygen atoms in total. The van der Waals surface area contributed by atoms with E-state index in [0.717, 1.165) is 12.2 Å². The van der Waals surface area contributed by atoms with Crippen LogP contribution in [-0.2, 0) is 9.59 Å². The summed E-state index contributed by atoms with van der Waals surface area (Å²) in [6.07, 6.45) is 3.43. The fourth-order valence-corrected chi connectivity index (χ4v) is 2.72. The van der Waals surface area contributed by atoms with Crippen molar-refractivity contribution < 1.29 is 14.7 Å². The van der Waals surface area contributed by atoms with Crippen molar-refractivity contribution in [3.63, 3.8) is 0 Å². The third-order valence-electron chi connectivity index (χ3n) is 3.15. The molecule has 3 atom stereocenters. The second kappa shape index (κ2) is 5.57. The fourth-order valence-electron chi connectivity index (χ4n) is 1.88. The highest BCUT2D eigenvalue weighted by Gasteiger charge is 2.49. The molecule has 1 unspecified atom stereocenters. The third kappa shape index (κ3) is 2.90. The van der Waals surface area contributed by atoms with Gasteiger partial charge in [0.1, 0.15) is 0 Å². The highest BCUT2D eigenvalue weighted by molar-refractivity contribution is 7.98. The van der Waals surface area contributed by atoms with E-state index in [9.17, 15) is 9.59 Å². The molecular weight excluding hydrogens is 226 g/mol. The first kappa shape index (κ1) is 13.4. The van der Waals surface area contributed by atoms with Crippen LogP contribution in [0, 0.1) is 11.8 Å². The molecule has 0 spiro atoms. The Kier molecular flexibility index (Phi) is 4.65. The lowest BCUT2D eigenvalue weighted by atomic mass is 10.2. The molecule has 0 heterocycles. The number of hydrogen-bond acceptors (Lipinski definition) is 3. The Morgan fingerprint density at radius 3 is 2.50 bits per heavy atom. The van der Waals surface area contributed by atoms with E-state index in [0.29, 0.717) is 6.42 Å². The largest absolute Gasteiger partial charge is 0.481 e. The summed E-state index contributed by atoms with van der Waals surface area (Å²) in [7, 11) is 1.78. The normalized spacial score (nSPS) is 24.9. The van der Waals surface area contributed by atoms with E-state index in [1.165, 1.54) is 0 Å². The summed E-state index contributed by atoms with van der Waals surface area (Å²) in [6.45, 7) is 2.05. The molecule has 1 fully saturated rings. The Labute approximate surface area is 100 Å². The van der Waals surface area contributed by atoms with Gasteiger partial charge in [0.15, 0.2) is 0 Å². The van der Waals surface area contributed by atoms with Crippen molar-refractivity contribution in [1.82, 2.24) is 4.90 Å². The van der Waals surface area contributed by atoms with E-state index in [1.807, 2.05) is 13.2 Å². The number of carboxylic acid groups (broad SMARTS) is 1. The van der Waals surface area contributed by atoms with Crippen molar-refractivity contribution in [3.05, 3.63) is 0 Å². The molecule has 0 aliphatic heterocycles. The van der Waals surface area contributed by atoms with Crippen molar-refractivity contribution in [1.29, 1.82) is 0 Å². The first-order chi connectivity index (χ1) is 7.52. The molecule has 0 saturated heterocycles. The molecule has 0 aromatic heterocycles. The topological polar surface area (TPSA) is 57.6 Å². The quantitative estimate of drug-likeness (QED) is 0.766. The van der Waals surface area contributed by atoms with Gasteiger partial charge in [-0.2, -0.15) is 11.8 Å². The van der Waals surface area contributed by atoms with Crippen molar-refractivity contribution in [3.8, 4) is 0 Å². The first-order valence-electron chi connectivity index (χ1n) is 5.51. The third-order valence-corrected chi connectivity index (χ3v) is 3.87. The first-order valence-corrected chi connectivity index (χ1v) is 6.90. The molecule has 1 aliphatic rings. The van der Waals surface area contributed by atoms with Crippen LogP contribution in [0.25, 0.3) is 0 Å². The lowest BCUT2D eigenvalue weighted by Gasteiger charge is -2.26. The number of rotatable bonds is 6. The lowest BCUT2D eigenvalue weighted by molar-refractivity contribution is -0.142. The van der Waals surface area contributed by atoms with Gasteiger partial charge >= 0.3 is 5.97 Å². The van der Waals surface area contributed by atoms with E-state index in [4.69, 9.17) is 5.11 Å². The summed E-state index contributed by atoms with van der Waals surface area (Å²) in [4.78, 5) is 24.4. The summed E-state index contributed by atoms with van der Waals surface area (Å²) in [5, 5.41) is 8.78. The lowest BCUT2D eigenvalue weighted by Crippen LogP contribution is -2.39. The average Bonchev–Trinajstić information content (AvgIpc) is 3.03. The Hall–Kier alpha value is -0.710. The second-order valence-electron chi connectivity index (χ2n) is 4.25. The zero-order valence-corrected chi connectivity index (χ0v) is 10.8. The number of carboxylic acids is 1. The van der Waals surface area contributed by atoms with Crippen LogP contribution in [0.15, 0.2) is 0 Å². The summed E-state index contributed by atoms with van der Waals surface area (Å²) in [6, 6.07) is 0.220. The molecule has 1 aliphatic carbocycles. The highest BCUT2D eigenvalue weighted by atomic mass is 32.2. The molecular formula is C11H19NO3S. The molecule has 16 heavy (non-hydrogen) atoms.